The number of aromatic amines is 1. The first kappa shape index (κ1) is 12.2. The fourth-order valence-electron chi connectivity index (χ4n) is 1.40. The molecule has 92 valence electrons. The number of H-pyrrole nitrogens is 1. The van der Waals surface area contributed by atoms with Crippen molar-refractivity contribution in [1.29, 1.82) is 0 Å². The third-order valence-corrected chi connectivity index (χ3v) is 3.81. The van der Waals surface area contributed by atoms with E-state index < -0.39 is 10.0 Å². The molecular weight excluding hydrogens is 260 g/mol. The van der Waals surface area contributed by atoms with Gasteiger partial charge in [-0.15, -0.1) is 16.4 Å². The fourth-order valence-corrected chi connectivity index (χ4v) is 2.56. The third-order valence-electron chi connectivity index (χ3n) is 2.18. The summed E-state index contributed by atoms with van der Waals surface area (Å²) in [5.74, 6) is 0.547. The van der Waals surface area contributed by atoms with Gasteiger partial charge in [-0.3, -0.25) is 5.10 Å². The minimum Gasteiger partial charge on any atom is -0.262 e. The van der Waals surface area contributed by atoms with Gasteiger partial charge in [0.15, 0.2) is 0 Å². The second kappa shape index (κ2) is 4.94. The van der Waals surface area contributed by atoms with E-state index in [9.17, 15) is 8.42 Å². The molecule has 0 aromatic carbocycles. The number of primary sulfonamides is 1. The molecular formula is C9H12N4O2S2. The average Bonchev–Trinajstić information content (AvgIpc) is 2.86. The molecule has 0 saturated heterocycles. The number of aromatic nitrogens is 3. The molecule has 2 aromatic rings. The largest absolute Gasteiger partial charge is 0.282 e. The lowest BCUT2D eigenvalue weighted by Crippen LogP contribution is -2.13. The molecule has 0 bridgehead atoms. The molecule has 0 aliphatic carbocycles. The van der Waals surface area contributed by atoms with Crippen molar-refractivity contribution in [2.45, 2.75) is 24.4 Å². The molecule has 0 amide bonds. The summed E-state index contributed by atoms with van der Waals surface area (Å²) in [5.41, 5.74) is 0. The number of rotatable bonds is 5. The van der Waals surface area contributed by atoms with Crippen LogP contribution in [-0.2, 0) is 22.9 Å². The van der Waals surface area contributed by atoms with Crippen molar-refractivity contribution in [3.05, 3.63) is 28.2 Å². The summed E-state index contributed by atoms with van der Waals surface area (Å²) in [4.78, 5) is 5.13. The zero-order chi connectivity index (χ0) is 12.3. The summed E-state index contributed by atoms with van der Waals surface area (Å²) < 4.78 is 21.9. The Morgan fingerprint density at radius 3 is 2.82 bits per heavy atom. The van der Waals surface area contributed by atoms with E-state index in [-0.39, 0.29) is 5.16 Å². The molecule has 0 fully saturated rings. The molecule has 2 rings (SSSR count). The van der Waals surface area contributed by atoms with Crippen LogP contribution in [0.15, 0.2) is 22.7 Å². The topological polar surface area (TPSA) is 102 Å². The molecule has 0 atom stereocenters. The SMILES string of the molecule is NS(=O)(=O)c1n[nH]c(CCCc2cccs2)n1. The van der Waals surface area contributed by atoms with E-state index in [2.05, 4.69) is 21.2 Å². The maximum atomic E-state index is 10.9. The maximum Gasteiger partial charge on any atom is 0.282 e. The number of hydrogen-bond acceptors (Lipinski definition) is 5. The van der Waals surface area contributed by atoms with Crippen LogP contribution in [-0.4, -0.2) is 23.6 Å². The van der Waals surface area contributed by atoms with Gasteiger partial charge in [-0.1, -0.05) is 6.07 Å². The van der Waals surface area contributed by atoms with Crippen LogP contribution in [0, 0.1) is 0 Å². The second-order valence-corrected chi connectivity index (χ2v) is 6.03. The highest BCUT2D eigenvalue weighted by Gasteiger charge is 2.14. The van der Waals surface area contributed by atoms with Crippen molar-refractivity contribution >= 4 is 21.4 Å². The van der Waals surface area contributed by atoms with Gasteiger partial charge in [-0.05, 0) is 24.3 Å². The van der Waals surface area contributed by atoms with Crippen LogP contribution in [0.2, 0.25) is 0 Å². The molecule has 0 radical (unpaired) electrons. The van der Waals surface area contributed by atoms with Gasteiger partial charge >= 0.3 is 0 Å². The highest BCUT2D eigenvalue weighted by atomic mass is 32.2. The van der Waals surface area contributed by atoms with E-state index in [4.69, 9.17) is 5.14 Å². The quantitative estimate of drug-likeness (QED) is 0.836. The van der Waals surface area contributed by atoms with E-state index in [1.54, 1.807) is 11.3 Å². The van der Waals surface area contributed by atoms with Gasteiger partial charge in [0.05, 0.1) is 0 Å². The molecule has 2 heterocycles. The van der Waals surface area contributed by atoms with Crippen LogP contribution in [0.5, 0.6) is 0 Å². The molecule has 8 heteroatoms. The summed E-state index contributed by atoms with van der Waals surface area (Å²) in [6.07, 6.45) is 2.49. The van der Waals surface area contributed by atoms with Crippen molar-refractivity contribution in [2.75, 3.05) is 0 Å². The van der Waals surface area contributed by atoms with Crippen LogP contribution in [0.4, 0.5) is 0 Å². The number of aryl methyl sites for hydroxylation is 2. The Morgan fingerprint density at radius 1 is 1.41 bits per heavy atom. The number of sulfonamides is 1. The Labute approximate surface area is 103 Å². The molecule has 0 spiro atoms. The molecule has 0 unspecified atom stereocenters. The monoisotopic (exact) mass is 272 g/mol. The van der Waals surface area contributed by atoms with Gasteiger partial charge in [0.2, 0.25) is 0 Å². The first-order valence-electron chi connectivity index (χ1n) is 5.02. The zero-order valence-corrected chi connectivity index (χ0v) is 10.6. The lowest BCUT2D eigenvalue weighted by atomic mass is 10.2. The molecule has 0 aliphatic rings. The van der Waals surface area contributed by atoms with Crippen LogP contribution >= 0.6 is 11.3 Å². The van der Waals surface area contributed by atoms with Crippen molar-refractivity contribution < 1.29 is 8.42 Å². The van der Waals surface area contributed by atoms with E-state index in [1.807, 2.05) is 11.4 Å². The highest BCUT2D eigenvalue weighted by Crippen LogP contribution is 2.12. The highest BCUT2D eigenvalue weighted by molar-refractivity contribution is 7.89. The number of nitrogens with two attached hydrogens (primary N) is 1. The summed E-state index contributed by atoms with van der Waals surface area (Å²) >= 11 is 1.71. The lowest BCUT2D eigenvalue weighted by Gasteiger charge is -1.94. The van der Waals surface area contributed by atoms with Crippen LogP contribution in [0.25, 0.3) is 0 Å². The van der Waals surface area contributed by atoms with Crippen molar-refractivity contribution in [2.24, 2.45) is 5.14 Å². The van der Waals surface area contributed by atoms with Crippen LogP contribution in [0.1, 0.15) is 17.1 Å². The van der Waals surface area contributed by atoms with E-state index in [1.165, 1.54) is 4.88 Å². The zero-order valence-electron chi connectivity index (χ0n) is 8.96. The molecule has 0 saturated carbocycles. The Balaban J connectivity index is 1.90. The Morgan fingerprint density at radius 2 is 2.24 bits per heavy atom. The predicted octanol–water partition coefficient (Wildman–Crippen LogP) is 0.689. The van der Waals surface area contributed by atoms with Crippen molar-refractivity contribution in [1.82, 2.24) is 15.2 Å². The normalized spacial score (nSPS) is 11.8. The number of thiophene rings is 1. The number of nitrogens with zero attached hydrogens (tertiary/aromatic N) is 2. The molecule has 17 heavy (non-hydrogen) atoms. The number of nitrogens with one attached hydrogen (secondary N) is 1. The van der Waals surface area contributed by atoms with Gasteiger partial charge in [-0.2, -0.15) is 0 Å². The van der Waals surface area contributed by atoms with Gasteiger partial charge in [-0.25, -0.2) is 18.5 Å². The van der Waals surface area contributed by atoms with Crippen molar-refractivity contribution in [3.8, 4) is 0 Å². The van der Waals surface area contributed by atoms with Crippen LogP contribution in [0.3, 0.4) is 0 Å². The molecule has 6 nitrogen and oxygen atoms in total. The molecule has 3 N–H and O–H groups in total. The Kier molecular flexibility index (Phi) is 3.55. The summed E-state index contributed by atoms with van der Waals surface area (Å²) in [6, 6.07) is 4.08. The van der Waals surface area contributed by atoms with Crippen molar-refractivity contribution in [3.63, 3.8) is 0 Å². The minimum absolute atomic E-state index is 0.344. The van der Waals surface area contributed by atoms with Gasteiger partial charge in [0, 0.05) is 11.3 Å². The summed E-state index contributed by atoms with van der Waals surface area (Å²) in [6.45, 7) is 0. The Bertz CT molecular complexity index is 574. The number of hydrogen-bond donors (Lipinski definition) is 2. The third kappa shape index (κ3) is 3.35. The minimum atomic E-state index is -3.80. The second-order valence-electron chi connectivity index (χ2n) is 3.54. The van der Waals surface area contributed by atoms with Gasteiger partial charge in [0.1, 0.15) is 5.82 Å². The lowest BCUT2D eigenvalue weighted by molar-refractivity contribution is 0.589. The smallest absolute Gasteiger partial charge is 0.262 e. The summed E-state index contributed by atoms with van der Waals surface area (Å²) in [5, 5.41) is 12.7. The first-order chi connectivity index (χ1) is 8.05. The average molecular weight is 272 g/mol. The molecule has 2 aromatic heterocycles. The Hall–Kier alpha value is -1.25. The van der Waals surface area contributed by atoms with E-state index in [0.29, 0.717) is 12.2 Å². The van der Waals surface area contributed by atoms with Gasteiger partial charge in [0.25, 0.3) is 15.2 Å². The van der Waals surface area contributed by atoms with E-state index >= 15 is 0 Å². The standard InChI is InChI=1S/C9H12N4O2S2/c10-17(14,15)9-11-8(12-13-9)5-1-3-7-4-2-6-16-7/h2,4,6H,1,3,5H2,(H2,10,14,15)(H,11,12,13). The maximum absolute atomic E-state index is 10.9. The molecule has 0 aliphatic heterocycles. The predicted molar refractivity (Wildman–Crippen MR) is 64.1 cm³/mol. The van der Waals surface area contributed by atoms with E-state index in [0.717, 1.165) is 12.8 Å². The van der Waals surface area contributed by atoms with Gasteiger partial charge < -0.3 is 0 Å². The first-order valence-corrected chi connectivity index (χ1v) is 7.45. The fraction of sp³-hybridized carbons (Fsp3) is 0.333. The summed E-state index contributed by atoms with van der Waals surface area (Å²) in [7, 11) is -3.80. The van der Waals surface area contributed by atoms with Crippen LogP contribution < -0.4 is 5.14 Å².